The van der Waals surface area contributed by atoms with Gasteiger partial charge in [0.25, 0.3) is 0 Å². The predicted octanol–water partition coefficient (Wildman–Crippen LogP) is 3.21. The van der Waals surface area contributed by atoms with Crippen molar-refractivity contribution < 1.29 is 13.9 Å². The molecule has 1 saturated heterocycles. The van der Waals surface area contributed by atoms with Crippen molar-refractivity contribution in [3.8, 4) is 0 Å². The van der Waals surface area contributed by atoms with Crippen LogP contribution >= 0.6 is 11.6 Å². The molecule has 0 aromatic heterocycles. The van der Waals surface area contributed by atoms with Crippen LogP contribution in [0.4, 0.5) is 4.39 Å². The summed E-state index contributed by atoms with van der Waals surface area (Å²) in [6.45, 7) is 3.37. The maximum Gasteiger partial charge on any atom is 0.224 e. The summed E-state index contributed by atoms with van der Waals surface area (Å²) in [6, 6.07) is 13.7. The lowest BCUT2D eigenvalue weighted by Crippen LogP contribution is -2.44. The van der Waals surface area contributed by atoms with Crippen LogP contribution in [0.1, 0.15) is 17.2 Å². The summed E-state index contributed by atoms with van der Waals surface area (Å²) in [7, 11) is 0. The molecule has 6 heteroatoms. The highest BCUT2D eigenvalue weighted by Crippen LogP contribution is 2.21. The lowest BCUT2D eigenvalue weighted by Gasteiger charge is -2.35. The van der Waals surface area contributed by atoms with Gasteiger partial charge >= 0.3 is 0 Å². The first-order valence-electron chi connectivity index (χ1n) is 8.70. The number of nitrogens with one attached hydrogen (secondary N) is 1. The van der Waals surface area contributed by atoms with E-state index in [0.29, 0.717) is 31.2 Å². The van der Waals surface area contributed by atoms with Gasteiger partial charge in [-0.15, -0.1) is 0 Å². The third-order valence-corrected chi connectivity index (χ3v) is 4.76. The number of morpholine rings is 1. The number of halogens is 2. The molecule has 1 amide bonds. The lowest BCUT2D eigenvalue weighted by atomic mass is 10.0. The first kappa shape index (κ1) is 18.8. The van der Waals surface area contributed by atoms with Gasteiger partial charge in [-0.3, -0.25) is 9.69 Å². The molecular weight excluding hydrogens is 355 g/mol. The minimum Gasteiger partial charge on any atom is -0.379 e. The number of hydrogen-bond donors (Lipinski definition) is 1. The summed E-state index contributed by atoms with van der Waals surface area (Å²) >= 11 is 5.87. The van der Waals surface area contributed by atoms with E-state index in [4.69, 9.17) is 16.3 Å². The van der Waals surface area contributed by atoms with Crippen molar-refractivity contribution in [1.82, 2.24) is 10.2 Å². The maximum absolute atomic E-state index is 13.3. The molecule has 0 aliphatic carbocycles. The minimum absolute atomic E-state index is 0.00586. The molecule has 0 spiro atoms. The quantitative estimate of drug-likeness (QED) is 0.841. The Kier molecular flexibility index (Phi) is 6.61. The fraction of sp³-hybridized carbons (Fsp3) is 0.350. The monoisotopic (exact) mass is 376 g/mol. The van der Waals surface area contributed by atoms with E-state index in [1.165, 1.54) is 12.1 Å². The van der Waals surface area contributed by atoms with Crippen molar-refractivity contribution in [3.05, 3.63) is 70.5 Å². The van der Waals surface area contributed by atoms with Crippen LogP contribution in [0.2, 0.25) is 5.02 Å². The van der Waals surface area contributed by atoms with E-state index >= 15 is 0 Å². The number of amides is 1. The Labute approximate surface area is 157 Å². The van der Waals surface area contributed by atoms with Crippen molar-refractivity contribution in [1.29, 1.82) is 0 Å². The van der Waals surface area contributed by atoms with Gasteiger partial charge in [0.05, 0.1) is 25.7 Å². The summed E-state index contributed by atoms with van der Waals surface area (Å²) in [5.41, 5.74) is 1.90. The van der Waals surface area contributed by atoms with Crippen molar-refractivity contribution >= 4 is 17.5 Å². The van der Waals surface area contributed by atoms with E-state index in [1.807, 2.05) is 12.1 Å². The first-order valence-corrected chi connectivity index (χ1v) is 9.08. The molecule has 3 rings (SSSR count). The molecule has 0 bridgehead atoms. The Morgan fingerprint density at radius 2 is 1.77 bits per heavy atom. The molecule has 1 aliphatic heterocycles. The molecule has 26 heavy (non-hydrogen) atoms. The van der Waals surface area contributed by atoms with Gasteiger partial charge in [0, 0.05) is 24.7 Å². The standard InChI is InChI=1S/C20H22ClFN2O2/c21-17-5-1-15(2-6-17)13-20(25)23-14-19(24-9-11-26-12-10-24)16-3-7-18(22)8-4-16/h1-8,19H,9-14H2,(H,23,25). The Morgan fingerprint density at radius 3 is 2.42 bits per heavy atom. The molecule has 1 N–H and O–H groups in total. The van der Waals surface area contributed by atoms with Crippen LogP contribution in [0.15, 0.2) is 48.5 Å². The van der Waals surface area contributed by atoms with Gasteiger partial charge in [-0.1, -0.05) is 35.9 Å². The number of hydrogen-bond acceptors (Lipinski definition) is 3. The van der Waals surface area contributed by atoms with E-state index in [0.717, 1.165) is 24.2 Å². The average Bonchev–Trinajstić information content (AvgIpc) is 2.66. The molecule has 1 atom stereocenters. The van der Waals surface area contributed by atoms with Crippen molar-refractivity contribution in [2.45, 2.75) is 12.5 Å². The molecule has 1 aliphatic rings. The van der Waals surface area contributed by atoms with E-state index in [-0.39, 0.29) is 17.8 Å². The number of carbonyl (C=O) groups excluding carboxylic acids is 1. The third kappa shape index (κ3) is 5.27. The predicted molar refractivity (Wildman–Crippen MR) is 99.7 cm³/mol. The topological polar surface area (TPSA) is 41.6 Å². The number of ether oxygens (including phenoxy) is 1. The second kappa shape index (κ2) is 9.12. The highest BCUT2D eigenvalue weighted by atomic mass is 35.5. The highest BCUT2D eigenvalue weighted by molar-refractivity contribution is 6.30. The molecule has 0 saturated carbocycles. The van der Waals surface area contributed by atoms with Gasteiger partial charge in [0.15, 0.2) is 0 Å². The Balaban J connectivity index is 1.64. The second-order valence-electron chi connectivity index (χ2n) is 6.32. The van der Waals surface area contributed by atoms with Gasteiger partial charge in [-0.05, 0) is 35.4 Å². The summed E-state index contributed by atoms with van der Waals surface area (Å²) in [4.78, 5) is 14.6. The first-order chi connectivity index (χ1) is 12.6. The van der Waals surface area contributed by atoms with Gasteiger partial charge in [0.2, 0.25) is 5.91 Å². The molecule has 2 aromatic rings. The molecule has 138 valence electrons. The van der Waals surface area contributed by atoms with Gasteiger partial charge in [-0.25, -0.2) is 4.39 Å². The van der Waals surface area contributed by atoms with Crippen LogP contribution in [0.5, 0.6) is 0 Å². The molecular formula is C20H22ClFN2O2. The number of benzene rings is 2. The number of nitrogens with zero attached hydrogens (tertiary/aromatic N) is 1. The molecule has 4 nitrogen and oxygen atoms in total. The van der Waals surface area contributed by atoms with Crippen LogP contribution in [-0.4, -0.2) is 43.7 Å². The summed E-state index contributed by atoms with van der Waals surface area (Å²) in [5.74, 6) is -0.311. The Bertz CT molecular complexity index is 716. The smallest absolute Gasteiger partial charge is 0.224 e. The normalized spacial score (nSPS) is 16.2. The van der Waals surface area contributed by atoms with Gasteiger partial charge < -0.3 is 10.1 Å². The highest BCUT2D eigenvalue weighted by Gasteiger charge is 2.23. The minimum atomic E-state index is -0.263. The fourth-order valence-electron chi connectivity index (χ4n) is 3.09. The second-order valence-corrected chi connectivity index (χ2v) is 6.76. The Morgan fingerprint density at radius 1 is 1.12 bits per heavy atom. The van der Waals surface area contributed by atoms with E-state index < -0.39 is 0 Å². The van der Waals surface area contributed by atoms with Crippen LogP contribution in [0, 0.1) is 5.82 Å². The van der Waals surface area contributed by atoms with Gasteiger partial charge in [0.1, 0.15) is 5.82 Å². The zero-order valence-electron chi connectivity index (χ0n) is 14.5. The number of rotatable bonds is 6. The van der Waals surface area contributed by atoms with E-state index in [2.05, 4.69) is 10.2 Å². The number of carbonyl (C=O) groups is 1. The van der Waals surface area contributed by atoms with Gasteiger partial charge in [-0.2, -0.15) is 0 Å². The summed E-state index contributed by atoms with van der Waals surface area (Å²) in [6.07, 6.45) is 0.302. The van der Waals surface area contributed by atoms with Crippen LogP contribution in [-0.2, 0) is 16.0 Å². The summed E-state index contributed by atoms with van der Waals surface area (Å²) in [5, 5.41) is 3.66. The average molecular weight is 377 g/mol. The van der Waals surface area contributed by atoms with Crippen LogP contribution in [0.25, 0.3) is 0 Å². The van der Waals surface area contributed by atoms with Crippen molar-refractivity contribution in [2.75, 3.05) is 32.8 Å². The summed E-state index contributed by atoms with van der Waals surface area (Å²) < 4.78 is 18.7. The fourth-order valence-corrected chi connectivity index (χ4v) is 3.22. The van der Waals surface area contributed by atoms with Crippen LogP contribution < -0.4 is 5.32 Å². The third-order valence-electron chi connectivity index (χ3n) is 4.51. The molecule has 1 fully saturated rings. The van der Waals surface area contributed by atoms with E-state index in [9.17, 15) is 9.18 Å². The largest absolute Gasteiger partial charge is 0.379 e. The molecule has 0 radical (unpaired) electrons. The molecule has 1 heterocycles. The lowest BCUT2D eigenvalue weighted by molar-refractivity contribution is -0.120. The Hall–Kier alpha value is -1.95. The van der Waals surface area contributed by atoms with Crippen molar-refractivity contribution in [3.63, 3.8) is 0 Å². The zero-order valence-corrected chi connectivity index (χ0v) is 15.2. The maximum atomic E-state index is 13.3. The molecule has 1 unspecified atom stereocenters. The SMILES string of the molecule is O=C(Cc1ccc(Cl)cc1)NCC(c1ccc(F)cc1)N1CCOCC1. The van der Waals surface area contributed by atoms with Crippen molar-refractivity contribution in [2.24, 2.45) is 0 Å². The van der Waals surface area contributed by atoms with Crippen LogP contribution in [0.3, 0.4) is 0 Å². The zero-order chi connectivity index (χ0) is 18.4. The molecule has 2 aromatic carbocycles. The van der Waals surface area contributed by atoms with E-state index in [1.54, 1.807) is 24.3 Å².